The molecule has 0 spiro atoms. The third-order valence-electron chi connectivity index (χ3n) is 13.1. The molecule has 3 aromatic carbocycles. The maximum atomic E-state index is 13.7. The van der Waals surface area contributed by atoms with Gasteiger partial charge in [0, 0.05) is 108 Å². The molecule has 0 bridgehead atoms. The minimum atomic E-state index is -1.22. The van der Waals surface area contributed by atoms with Crippen molar-refractivity contribution in [1.29, 1.82) is 0 Å². The van der Waals surface area contributed by atoms with E-state index in [9.17, 15) is 24.6 Å². The second-order valence-corrected chi connectivity index (χ2v) is 17.9. The summed E-state index contributed by atoms with van der Waals surface area (Å²) in [6.45, 7) is 4.06. The second kappa shape index (κ2) is 26.6. The van der Waals surface area contributed by atoms with Crippen LogP contribution in [0, 0.1) is 0 Å². The van der Waals surface area contributed by atoms with Crippen LogP contribution in [0.4, 0.5) is 0 Å². The Kier molecular flexibility index (Phi) is 19.5. The number of rotatable bonds is 23. The summed E-state index contributed by atoms with van der Waals surface area (Å²) in [4.78, 5) is 59.9. The fourth-order valence-electron chi connectivity index (χ4n) is 9.27. The molecule has 7 rings (SSSR count). The lowest BCUT2D eigenvalue weighted by atomic mass is 10.0. The van der Waals surface area contributed by atoms with Crippen LogP contribution >= 0.6 is 0 Å². The number of nitrogens with two attached hydrogens (primary N) is 1. The van der Waals surface area contributed by atoms with Crippen molar-refractivity contribution in [2.75, 3.05) is 116 Å². The summed E-state index contributed by atoms with van der Waals surface area (Å²) >= 11 is 0. The van der Waals surface area contributed by atoms with Crippen molar-refractivity contribution in [2.45, 2.75) is 19.6 Å². The number of benzene rings is 3. The summed E-state index contributed by atoms with van der Waals surface area (Å²) in [6.07, 6.45) is 0. The summed E-state index contributed by atoms with van der Waals surface area (Å²) in [6, 6.07) is 20.4. The topological polar surface area (TPSA) is 261 Å². The largest absolute Gasteiger partial charge is 0.496 e. The molecule has 4 heterocycles. The van der Waals surface area contributed by atoms with E-state index in [1.165, 1.54) is 69.0 Å². The number of ether oxygens (including phenoxy) is 9. The Morgan fingerprint density at radius 2 is 0.705 bits per heavy atom. The minimum Gasteiger partial charge on any atom is -0.496 e. The maximum absolute atomic E-state index is 13.7. The lowest BCUT2D eigenvalue weighted by molar-refractivity contribution is 0.0679. The van der Waals surface area contributed by atoms with Crippen LogP contribution in [0.15, 0.2) is 72.8 Å². The van der Waals surface area contributed by atoms with Gasteiger partial charge in [0.2, 0.25) is 0 Å². The van der Waals surface area contributed by atoms with Gasteiger partial charge in [-0.15, -0.1) is 0 Å². The molecule has 0 atom stereocenters. The summed E-state index contributed by atoms with van der Waals surface area (Å²) in [5.74, 6) is 1.15. The number of aromatic nitrogens is 3. The number of hydrogen-bond acceptors (Lipinski definition) is 19. The Hall–Kier alpha value is -8.44. The first kappa shape index (κ1) is 57.3. The molecule has 0 unspecified atom stereocenters. The zero-order valence-corrected chi connectivity index (χ0v) is 45.3. The molecule has 3 aromatic heterocycles. The van der Waals surface area contributed by atoms with E-state index >= 15 is 0 Å². The molecule has 78 heavy (non-hydrogen) atoms. The van der Waals surface area contributed by atoms with Gasteiger partial charge in [-0.3, -0.25) is 19.5 Å². The number of aromatic carboxylic acids is 2. The summed E-state index contributed by atoms with van der Waals surface area (Å²) < 4.78 is 51.3. The number of methoxy groups -OCH3 is 9. The number of hydrogen-bond donors (Lipinski definition) is 4. The van der Waals surface area contributed by atoms with E-state index in [-0.39, 0.29) is 49.8 Å². The first-order valence-electron chi connectivity index (χ1n) is 24.8. The van der Waals surface area contributed by atoms with E-state index in [0.29, 0.717) is 141 Å². The van der Waals surface area contributed by atoms with Crippen molar-refractivity contribution in [3.8, 4) is 85.1 Å². The Bertz CT molecular complexity index is 2910. The molecule has 22 nitrogen and oxygen atoms in total. The van der Waals surface area contributed by atoms with Crippen LogP contribution in [0.25, 0.3) is 33.4 Å². The van der Waals surface area contributed by atoms with Crippen molar-refractivity contribution in [3.63, 3.8) is 0 Å². The van der Waals surface area contributed by atoms with Crippen molar-refractivity contribution in [1.82, 2.24) is 35.0 Å². The van der Waals surface area contributed by atoms with Crippen LogP contribution in [0.1, 0.15) is 48.5 Å². The number of carboxylic acid groups (broad SMARTS) is 2. The van der Waals surface area contributed by atoms with Crippen molar-refractivity contribution >= 4 is 17.8 Å². The molecule has 0 radical (unpaired) electrons. The van der Waals surface area contributed by atoms with Gasteiger partial charge >= 0.3 is 11.9 Å². The van der Waals surface area contributed by atoms with Gasteiger partial charge < -0.3 is 63.9 Å². The number of nitrogens with zero attached hydrogens (tertiary/aromatic N) is 6. The van der Waals surface area contributed by atoms with Crippen molar-refractivity contribution in [3.05, 3.63) is 107 Å². The maximum Gasteiger partial charge on any atom is 0.354 e. The van der Waals surface area contributed by atoms with Gasteiger partial charge in [0.15, 0.2) is 0 Å². The average molecular weight is 1080 g/mol. The molecule has 1 fully saturated rings. The molecule has 0 aliphatic carbocycles. The highest BCUT2D eigenvalue weighted by atomic mass is 16.5. The van der Waals surface area contributed by atoms with Gasteiger partial charge in [0.05, 0.1) is 97.8 Å². The van der Waals surface area contributed by atoms with Gasteiger partial charge in [-0.2, -0.15) is 0 Å². The second-order valence-electron chi connectivity index (χ2n) is 17.9. The first-order chi connectivity index (χ1) is 37.7. The van der Waals surface area contributed by atoms with E-state index in [0.717, 1.165) is 0 Å². The molecule has 6 aromatic rings. The minimum absolute atomic E-state index is 0.152. The Morgan fingerprint density at radius 3 is 0.949 bits per heavy atom. The van der Waals surface area contributed by atoms with Gasteiger partial charge in [-0.1, -0.05) is 0 Å². The molecule has 414 valence electrons. The number of pyridine rings is 3. The predicted molar refractivity (Wildman–Crippen MR) is 289 cm³/mol. The summed E-state index contributed by atoms with van der Waals surface area (Å²) in [5.41, 5.74) is 10.3. The monoisotopic (exact) mass is 1070 g/mol. The van der Waals surface area contributed by atoms with Gasteiger partial charge in [-0.05, 0) is 53.1 Å². The van der Waals surface area contributed by atoms with Gasteiger partial charge in [0.1, 0.15) is 68.8 Å². The van der Waals surface area contributed by atoms with E-state index in [4.69, 9.17) is 53.3 Å². The highest BCUT2D eigenvalue weighted by Crippen LogP contribution is 2.45. The highest BCUT2D eigenvalue weighted by molar-refractivity contribution is 5.94. The van der Waals surface area contributed by atoms with Gasteiger partial charge in [-0.25, -0.2) is 24.5 Å². The standard InChI is InChI=1S/C56H66N8O14/c1-70-39-24-45(73-4)51(46(25-39)74-5)33-18-36(59-42(21-33)54(65)58-11-10-57)30-62-12-14-63(31-37-19-34(22-43(60-37)55(66)67)52-47(75-6)26-40(71-2)27-48(52)76-7)16-17-64(15-13-62)32-38-20-35(23-44(61-38)56(68)69)53-49(77-8)28-41(72-3)29-50(53)78-9/h18-29H,10-17,30-32,57H2,1-9H3,(H,58,65)(H,66,67)(H,68,69). The molecule has 1 amide bonds. The Balaban J connectivity index is 1.31. The van der Waals surface area contributed by atoms with Crippen LogP contribution in [0.5, 0.6) is 51.7 Å². The van der Waals surface area contributed by atoms with E-state index < -0.39 is 17.8 Å². The number of carbonyl (C=O) groups excluding carboxylic acids is 1. The summed E-state index contributed by atoms with van der Waals surface area (Å²) in [7, 11) is 13.7. The van der Waals surface area contributed by atoms with E-state index in [1.807, 2.05) is 18.2 Å². The fourth-order valence-corrected chi connectivity index (χ4v) is 9.27. The smallest absolute Gasteiger partial charge is 0.354 e. The molecule has 5 N–H and O–H groups in total. The predicted octanol–water partition coefficient (Wildman–Crippen LogP) is 5.85. The van der Waals surface area contributed by atoms with Crippen LogP contribution in [-0.4, -0.2) is 174 Å². The zero-order chi connectivity index (χ0) is 56.0. The lowest BCUT2D eigenvalue weighted by Gasteiger charge is -2.26. The van der Waals surface area contributed by atoms with E-state index in [1.54, 1.807) is 49.6 Å². The first-order valence-corrected chi connectivity index (χ1v) is 24.8. The van der Waals surface area contributed by atoms with Crippen LogP contribution in [-0.2, 0) is 19.6 Å². The fraction of sp³-hybridized carbons (Fsp3) is 0.357. The number of amides is 1. The van der Waals surface area contributed by atoms with Crippen LogP contribution in [0.2, 0.25) is 0 Å². The third kappa shape index (κ3) is 13.6. The average Bonchev–Trinajstić information content (AvgIpc) is 3.63. The molecular formula is C56H66N8O14. The third-order valence-corrected chi connectivity index (χ3v) is 13.1. The van der Waals surface area contributed by atoms with Crippen molar-refractivity contribution in [2.24, 2.45) is 5.73 Å². The van der Waals surface area contributed by atoms with Gasteiger partial charge in [0.25, 0.3) is 5.91 Å². The molecule has 0 saturated carbocycles. The number of carbonyl (C=O) groups is 3. The normalized spacial score (nSPS) is 13.3. The van der Waals surface area contributed by atoms with Crippen LogP contribution < -0.4 is 53.7 Å². The number of nitrogens with one attached hydrogen (secondary N) is 1. The van der Waals surface area contributed by atoms with E-state index in [2.05, 4.69) is 30.0 Å². The SMILES string of the molecule is COc1cc(OC)c(-c2cc(CN3CCN(Cc4cc(-c5c(OC)cc(OC)cc5OC)cc(C(=O)O)n4)CCN(Cc4cc(-c5c(OC)cc(OC)cc5OC)cc(C(=O)NCCN)n4)CC3)nc(C(=O)O)c2)c(OC)c1. The highest BCUT2D eigenvalue weighted by Gasteiger charge is 2.26. The molecule has 1 aliphatic heterocycles. The molecule has 1 aliphatic rings. The van der Waals surface area contributed by atoms with Crippen molar-refractivity contribution < 1.29 is 67.2 Å². The zero-order valence-electron chi connectivity index (χ0n) is 45.3. The molecule has 1 saturated heterocycles. The lowest BCUT2D eigenvalue weighted by Crippen LogP contribution is -2.36. The van der Waals surface area contributed by atoms with Crippen LogP contribution in [0.3, 0.4) is 0 Å². The number of carboxylic acids is 2. The Labute approximate surface area is 452 Å². The quantitative estimate of drug-likeness (QED) is 0.0586. The molecule has 22 heteroatoms. The molecular weight excluding hydrogens is 1010 g/mol. The summed E-state index contributed by atoms with van der Waals surface area (Å²) in [5, 5.41) is 23.6. The Morgan fingerprint density at radius 1 is 0.436 bits per heavy atom.